The van der Waals surface area contributed by atoms with Gasteiger partial charge in [0, 0.05) is 36.4 Å². The molecule has 1 aromatic carbocycles. The van der Waals surface area contributed by atoms with Gasteiger partial charge in [-0.05, 0) is 36.4 Å². The van der Waals surface area contributed by atoms with Crippen LogP contribution in [0.4, 0.5) is 11.4 Å². The van der Waals surface area contributed by atoms with Gasteiger partial charge in [0.2, 0.25) is 0 Å². The molecule has 86 valence electrons. The average molecular weight is 227 g/mol. The van der Waals surface area contributed by atoms with Crippen molar-refractivity contribution in [3.05, 3.63) is 54.4 Å². The molecule has 0 atom stereocenters. The van der Waals surface area contributed by atoms with E-state index in [0.717, 1.165) is 5.69 Å². The lowest BCUT2D eigenvalue weighted by Crippen LogP contribution is -2.26. The lowest BCUT2D eigenvalue weighted by molar-refractivity contribution is 0.0993. The molecule has 4 nitrogen and oxygen atoms in total. The molecule has 1 heterocycles. The van der Waals surface area contributed by atoms with E-state index >= 15 is 0 Å². The van der Waals surface area contributed by atoms with E-state index < -0.39 is 0 Å². The molecule has 2 rings (SSSR count). The SMILES string of the molecule is CN(C(=O)c1ccc(N)cc1)c1ccncc1. The van der Waals surface area contributed by atoms with E-state index in [2.05, 4.69) is 4.98 Å². The second-order valence-corrected chi connectivity index (χ2v) is 3.69. The number of hydrogen-bond donors (Lipinski definition) is 1. The molecular formula is C13H13N3O. The van der Waals surface area contributed by atoms with Gasteiger partial charge < -0.3 is 10.6 Å². The summed E-state index contributed by atoms with van der Waals surface area (Å²) in [7, 11) is 1.73. The molecule has 0 fully saturated rings. The normalized spacial score (nSPS) is 9.94. The number of nitrogens with two attached hydrogens (primary N) is 1. The van der Waals surface area contributed by atoms with E-state index in [1.807, 2.05) is 0 Å². The number of hydrogen-bond acceptors (Lipinski definition) is 3. The van der Waals surface area contributed by atoms with Gasteiger partial charge in [-0.25, -0.2) is 0 Å². The molecule has 0 saturated heterocycles. The Labute approximate surface area is 99.7 Å². The molecular weight excluding hydrogens is 214 g/mol. The number of carbonyl (C=O) groups excluding carboxylic acids is 1. The highest BCUT2D eigenvalue weighted by molar-refractivity contribution is 6.05. The third-order valence-electron chi connectivity index (χ3n) is 2.51. The third-order valence-corrected chi connectivity index (χ3v) is 2.51. The minimum atomic E-state index is -0.0730. The number of amides is 1. The number of anilines is 2. The zero-order chi connectivity index (χ0) is 12.3. The van der Waals surface area contributed by atoms with E-state index in [-0.39, 0.29) is 5.91 Å². The van der Waals surface area contributed by atoms with Crippen LogP contribution in [0, 0.1) is 0 Å². The minimum absolute atomic E-state index is 0.0730. The number of benzene rings is 1. The molecule has 0 aliphatic heterocycles. The Morgan fingerprint density at radius 3 is 2.29 bits per heavy atom. The number of nitrogen functional groups attached to an aromatic ring is 1. The molecule has 1 amide bonds. The average Bonchev–Trinajstić information content (AvgIpc) is 2.39. The topological polar surface area (TPSA) is 59.2 Å². The molecule has 0 spiro atoms. The van der Waals surface area contributed by atoms with Crippen molar-refractivity contribution < 1.29 is 4.79 Å². The third kappa shape index (κ3) is 2.42. The lowest BCUT2D eigenvalue weighted by atomic mass is 10.2. The fraction of sp³-hybridized carbons (Fsp3) is 0.0769. The lowest BCUT2D eigenvalue weighted by Gasteiger charge is -2.17. The first kappa shape index (κ1) is 11.1. The van der Waals surface area contributed by atoms with Crippen LogP contribution in [0.15, 0.2) is 48.8 Å². The standard InChI is InChI=1S/C13H13N3O/c1-16(12-6-8-15-9-7-12)13(17)10-2-4-11(14)5-3-10/h2-9H,14H2,1H3. The van der Waals surface area contributed by atoms with Crippen molar-refractivity contribution in [2.45, 2.75) is 0 Å². The summed E-state index contributed by atoms with van der Waals surface area (Å²) in [5.74, 6) is -0.0730. The van der Waals surface area contributed by atoms with E-state index in [1.54, 1.807) is 60.7 Å². The molecule has 0 radical (unpaired) electrons. The molecule has 0 aliphatic rings. The van der Waals surface area contributed by atoms with Gasteiger partial charge >= 0.3 is 0 Å². The maximum Gasteiger partial charge on any atom is 0.258 e. The van der Waals surface area contributed by atoms with Crippen LogP contribution in [-0.4, -0.2) is 17.9 Å². The van der Waals surface area contributed by atoms with Gasteiger partial charge in [0.05, 0.1) is 0 Å². The van der Waals surface area contributed by atoms with Crippen LogP contribution < -0.4 is 10.6 Å². The van der Waals surface area contributed by atoms with Gasteiger partial charge in [-0.3, -0.25) is 9.78 Å². The van der Waals surface area contributed by atoms with Crippen LogP contribution in [0.1, 0.15) is 10.4 Å². The number of rotatable bonds is 2. The molecule has 17 heavy (non-hydrogen) atoms. The molecule has 0 unspecified atom stereocenters. The first-order chi connectivity index (χ1) is 8.18. The molecule has 2 N–H and O–H groups in total. The minimum Gasteiger partial charge on any atom is -0.399 e. The number of aromatic nitrogens is 1. The monoisotopic (exact) mass is 227 g/mol. The van der Waals surface area contributed by atoms with E-state index in [4.69, 9.17) is 5.73 Å². The highest BCUT2D eigenvalue weighted by Crippen LogP contribution is 2.14. The second-order valence-electron chi connectivity index (χ2n) is 3.69. The molecule has 1 aromatic heterocycles. The summed E-state index contributed by atoms with van der Waals surface area (Å²) in [6, 6.07) is 10.4. The van der Waals surface area contributed by atoms with Crippen LogP contribution in [0.3, 0.4) is 0 Å². The Bertz CT molecular complexity index is 508. The van der Waals surface area contributed by atoms with Gasteiger partial charge in [-0.1, -0.05) is 0 Å². The van der Waals surface area contributed by atoms with Crippen LogP contribution in [0.25, 0.3) is 0 Å². The highest BCUT2D eigenvalue weighted by atomic mass is 16.2. The Morgan fingerprint density at radius 1 is 1.12 bits per heavy atom. The molecule has 0 aliphatic carbocycles. The van der Waals surface area contributed by atoms with Crippen molar-refractivity contribution in [1.82, 2.24) is 4.98 Å². The summed E-state index contributed by atoms with van der Waals surface area (Å²) in [6.45, 7) is 0. The van der Waals surface area contributed by atoms with Crippen molar-refractivity contribution in [2.24, 2.45) is 0 Å². The predicted octanol–water partition coefficient (Wildman–Crippen LogP) is 1.94. The quantitative estimate of drug-likeness (QED) is 0.797. The van der Waals surface area contributed by atoms with Crippen molar-refractivity contribution in [1.29, 1.82) is 0 Å². The van der Waals surface area contributed by atoms with Gasteiger partial charge in [-0.15, -0.1) is 0 Å². The molecule has 2 aromatic rings. The van der Waals surface area contributed by atoms with Crippen LogP contribution in [-0.2, 0) is 0 Å². The maximum absolute atomic E-state index is 12.1. The smallest absolute Gasteiger partial charge is 0.258 e. The van der Waals surface area contributed by atoms with Gasteiger partial charge in [0.25, 0.3) is 5.91 Å². The van der Waals surface area contributed by atoms with Crippen molar-refractivity contribution in [2.75, 3.05) is 17.7 Å². The summed E-state index contributed by atoms with van der Waals surface area (Å²) >= 11 is 0. The summed E-state index contributed by atoms with van der Waals surface area (Å²) in [5.41, 5.74) is 7.64. The van der Waals surface area contributed by atoms with Gasteiger partial charge in [0.1, 0.15) is 0 Å². The zero-order valence-corrected chi connectivity index (χ0v) is 9.50. The van der Waals surface area contributed by atoms with E-state index in [9.17, 15) is 4.79 Å². The Hall–Kier alpha value is -2.36. The van der Waals surface area contributed by atoms with Crippen LogP contribution in [0.2, 0.25) is 0 Å². The first-order valence-electron chi connectivity index (χ1n) is 5.22. The van der Waals surface area contributed by atoms with Crippen molar-refractivity contribution in [3.63, 3.8) is 0 Å². The second kappa shape index (κ2) is 4.65. The largest absolute Gasteiger partial charge is 0.399 e. The molecule has 0 bridgehead atoms. The predicted molar refractivity (Wildman–Crippen MR) is 67.8 cm³/mol. The molecule has 4 heteroatoms. The summed E-state index contributed by atoms with van der Waals surface area (Å²) in [5, 5.41) is 0. The number of carbonyl (C=O) groups is 1. The Balaban J connectivity index is 2.23. The molecule has 0 saturated carbocycles. The highest BCUT2D eigenvalue weighted by Gasteiger charge is 2.12. The Kier molecular flexibility index (Phi) is 3.05. The fourth-order valence-corrected chi connectivity index (χ4v) is 1.50. The summed E-state index contributed by atoms with van der Waals surface area (Å²) in [4.78, 5) is 17.6. The number of nitrogens with zero attached hydrogens (tertiary/aromatic N) is 2. The van der Waals surface area contributed by atoms with E-state index in [1.165, 1.54) is 0 Å². The van der Waals surface area contributed by atoms with Crippen LogP contribution >= 0.6 is 0 Å². The van der Waals surface area contributed by atoms with Crippen molar-refractivity contribution >= 4 is 17.3 Å². The van der Waals surface area contributed by atoms with Gasteiger partial charge in [0.15, 0.2) is 0 Å². The fourth-order valence-electron chi connectivity index (χ4n) is 1.50. The maximum atomic E-state index is 12.1. The van der Waals surface area contributed by atoms with E-state index in [0.29, 0.717) is 11.3 Å². The van der Waals surface area contributed by atoms with Crippen LogP contribution in [0.5, 0.6) is 0 Å². The first-order valence-corrected chi connectivity index (χ1v) is 5.22. The summed E-state index contributed by atoms with van der Waals surface area (Å²) < 4.78 is 0. The van der Waals surface area contributed by atoms with Gasteiger partial charge in [-0.2, -0.15) is 0 Å². The van der Waals surface area contributed by atoms with Crippen molar-refractivity contribution in [3.8, 4) is 0 Å². The zero-order valence-electron chi connectivity index (χ0n) is 9.50. The number of pyridine rings is 1. The Morgan fingerprint density at radius 2 is 1.71 bits per heavy atom. The summed E-state index contributed by atoms with van der Waals surface area (Å²) in [6.07, 6.45) is 3.31.